The highest BCUT2D eigenvalue weighted by Gasteiger charge is 2.16. The summed E-state index contributed by atoms with van der Waals surface area (Å²) in [6.45, 7) is 4.07. The molecule has 0 atom stereocenters. The number of hydrogen-bond donors (Lipinski definition) is 2. The van der Waals surface area contributed by atoms with Crippen LogP contribution in [0.1, 0.15) is 23.1 Å². The zero-order valence-corrected chi connectivity index (χ0v) is 15.7. The van der Waals surface area contributed by atoms with Gasteiger partial charge in [0.1, 0.15) is 5.82 Å². The molecule has 0 aliphatic rings. The van der Waals surface area contributed by atoms with E-state index in [1.807, 2.05) is 6.92 Å². The molecule has 2 aromatic carbocycles. The smallest absolute Gasteiger partial charge is 0.240 e. The van der Waals surface area contributed by atoms with Crippen LogP contribution in [0.5, 0.6) is 0 Å². The van der Waals surface area contributed by atoms with Crippen LogP contribution in [0.25, 0.3) is 0 Å². The summed E-state index contributed by atoms with van der Waals surface area (Å²) in [4.78, 5) is 12.0. The van der Waals surface area contributed by atoms with Crippen LogP contribution in [0, 0.1) is 19.7 Å². The van der Waals surface area contributed by atoms with Crippen LogP contribution in [-0.4, -0.2) is 27.4 Å². The van der Waals surface area contributed by atoms with E-state index in [0.717, 1.165) is 11.1 Å². The molecule has 5 nitrogen and oxygen atoms in total. The molecular weight excluding hydrogens is 355 g/mol. The number of carbonyl (C=O) groups is 1. The zero-order valence-electron chi connectivity index (χ0n) is 14.9. The lowest BCUT2D eigenvalue weighted by Crippen LogP contribution is -2.32. The average Bonchev–Trinajstić information content (AvgIpc) is 2.56. The molecule has 0 spiro atoms. The van der Waals surface area contributed by atoms with E-state index in [9.17, 15) is 17.6 Å². The second kappa shape index (κ2) is 8.91. The Balaban J connectivity index is 1.75. The first-order valence-corrected chi connectivity index (χ1v) is 9.84. The van der Waals surface area contributed by atoms with Gasteiger partial charge in [-0.05, 0) is 49.6 Å². The molecule has 2 aromatic rings. The van der Waals surface area contributed by atoms with Gasteiger partial charge < -0.3 is 5.32 Å². The first-order chi connectivity index (χ1) is 12.3. The Hall–Kier alpha value is -2.25. The van der Waals surface area contributed by atoms with Crippen LogP contribution < -0.4 is 10.0 Å². The fourth-order valence-corrected chi connectivity index (χ4v) is 3.82. The van der Waals surface area contributed by atoms with E-state index in [2.05, 4.69) is 10.0 Å². The van der Waals surface area contributed by atoms with Crippen LogP contribution in [0.2, 0.25) is 0 Å². The molecule has 0 radical (unpaired) electrons. The van der Waals surface area contributed by atoms with Gasteiger partial charge in [0.05, 0.1) is 4.90 Å². The van der Waals surface area contributed by atoms with Crippen molar-refractivity contribution in [1.29, 1.82) is 0 Å². The largest absolute Gasteiger partial charge is 0.356 e. The van der Waals surface area contributed by atoms with Gasteiger partial charge >= 0.3 is 0 Å². The molecule has 2 rings (SSSR count). The number of benzene rings is 2. The first-order valence-electron chi connectivity index (χ1n) is 8.36. The molecular formula is C19H23FN2O3S. The van der Waals surface area contributed by atoms with E-state index in [0.29, 0.717) is 18.5 Å². The molecule has 0 saturated carbocycles. The van der Waals surface area contributed by atoms with E-state index in [1.54, 1.807) is 37.3 Å². The lowest BCUT2D eigenvalue weighted by molar-refractivity contribution is -0.120. The summed E-state index contributed by atoms with van der Waals surface area (Å²) in [5.41, 5.74) is 2.57. The highest BCUT2D eigenvalue weighted by Crippen LogP contribution is 2.16. The lowest BCUT2D eigenvalue weighted by atomic mass is 10.1. The van der Waals surface area contributed by atoms with Gasteiger partial charge in [0.15, 0.2) is 0 Å². The van der Waals surface area contributed by atoms with Crippen molar-refractivity contribution in [1.82, 2.24) is 10.0 Å². The van der Waals surface area contributed by atoms with E-state index in [4.69, 9.17) is 0 Å². The van der Waals surface area contributed by atoms with Crippen molar-refractivity contribution >= 4 is 15.9 Å². The fraction of sp³-hybridized carbons (Fsp3) is 0.316. The third-order valence-electron chi connectivity index (χ3n) is 3.91. The maximum Gasteiger partial charge on any atom is 0.240 e. The molecule has 0 aliphatic heterocycles. The Morgan fingerprint density at radius 2 is 1.73 bits per heavy atom. The van der Waals surface area contributed by atoms with Crippen molar-refractivity contribution in [2.24, 2.45) is 0 Å². The van der Waals surface area contributed by atoms with Gasteiger partial charge in [-0.2, -0.15) is 0 Å². The summed E-state index contributed by atoms with van der Waals surface area (Å²) < 4.78 is 39.9. The van der Waals surface area contributed by atoms with Crippen LogP contribution in [0.15, 0.2) is 47.4 Å². The Labute approximate surface area is 153 Å². The van der Waals surface area contributed by atoms with Crippen LogP contribution in [0.4, 0.5) is 4.39 Å². The van der Waals surface area contributed by atoms with E-state index < -0.39 is 10.0 Å². The zero-order chi connectivity index (χ0) is 19.2. The molecule has 7 heteroatoms. The fourth-order valence-electron chi connectivity index (χ4n) is 2.56. The van der Waals surface area contributed by atoms with Crippen molar-refractivity contribution in [3.05, 3.63) is 65.0 Å². The molecule has 140 valence electrons. The van der Waals surface area contributed by atoms with Gasteiger partial charge in [0, 0.05) is 19.5 Å². The summed E-state index contributed by atoms with van der Waals surface area (Å²) in [6.07, 6.45) is 0.633. The second-order valence-corrected chi connectivity index (χ2v) is 7.88. The standard InChI is InChI=1S/C19H23FN2O3S/c1-14-3-8-18(15(2)13-14)26(24,25)22-12-10-19(23)21-11-9-16-4-6-17(20)7-5-16/h3-8,13,22H,9-12H2,1-2H3,(H,21,23). The first kappa shape index (κ1) is 20.1. The van der Waals surface area contributed by atoms with Gasteiger partial charge in [-0.15, -0.1) is 0 Å². The Morgan fingerprint density at radius 1 is 1.04 bits per heavy atom. The van der Waals surface area contributed by atoms with Gasteiger partial charge in [-0.1, -0.05) is 29.8 Å². The van der Waals surface area contributed by atoms with Gasteiger partial charge in [-0.25, -0.2) is 17.5 Å². The SMILES string of the molecule is Cc1ccc(S(=O)(=O)NCCC(=O)NCCc2ccc(F)cc2)c(C)c1. The molecule has 0 unspecified atom stereocenters. The number of carbonyl (C=O) groups excluding carboxylic acids is 1. The highest BCUT2D eigenvalue weighted by molar-refractivity contribution is 7.89. The molecule has 2 N–H and O–H groups in total. The summed E-state index contributed by atoms with van der Waals surface area (Å²) in [7, 11) is -3.64. The molecule has 1 amide bonds. The average molecular weight is 378 g/mol. The maximum absolute atomic E-state index is 12.8. The monoisotopic (exact) mass is 378 g/mol. The van der Waals surface area contributed by atoms with Crippen molar-refractivity contribution in [3.63, 3.8) is 0 Å². The van der Waals surface area contributed by atoms with Crippen molar-refractivity contribution < 1.29 is 17.6 Å². The van der Waals surface area contributed by atoms with Crippen molar-refractivity contribution in [2.75, 3.05) is 13.1 Å². The van der Waals surface area contributed by atoms with Gasteiger partial charge in [0.25, 0.3) is 0 Å². The Kier molecular flexibility index (Phi) is 6.88. The predicted molar refractivity (Wildman–Crippen MR) is 98.8 cm³/mol. The number of amides is 1. The molecule has 0 bridgehead atoms. The second-order valence-electron chi connectivity index (χ2n) is 6.14. The Morgan fingerprint density at radius 3 is 2.38 bits per heavy atom. The van der Waals surface area contributed by atoms with Crippen molar-refractivity contribution in [2.45, 2.75) is 31.6 Å². The van der Waals surface area contributed by atoms with Gasteiger partial charge in [0.2, 0.25) is 15.9 Å². The topological polar surface area (TPSA) is 75.3 Å². The molecule has 0 saturated heterocycles. The van der Waals surface area contributed by atoms with Gasteiger partial charge in [-0.3, -0.25) is 4.79 Å². The van der Waals surface area contributed by atoms with Crippen LogP contribution in [0.3, 0.4) is 0 Å². The number of aryl methyl sites for hydroxylation is 2. The third-order valence-corrected chi connectivity index (χ3v) is 5.53. The van der Waals surface area contributed by atoms with Crippen LogP contribution in [-0.2, 0) is 21.2 Å². The number of halogens is 1. The van der Waals surface area contributed by atoms with E-state index in [1.165, 1.54) is 12.1 Å². The minimum Gasteiger partial charge on any atom is -0.356 e. The number of nitrogens with one attached hydrogen (secondary N) is 2. The number of sulfonamides is 1. The summed E-state index contributed by atoms with van der Waals surface area (Å²) in [5.74, 6) is -0.538. The Bertz CT molecular complexity index is 865. The molecule has 0 fully saturated rings. The van der Waals surface area contributed by atoms with Crippen LogP contribution >= 0.6 is 0 Å². The summed E-state index contributed by atoms with van der Waals surface area (Å²) in [6, 6.07) is 11.2. The molecule has 0 aromatic heterocycles. The lowest BCUT2D eigenvalue weighted by Gasteiger charge is -2.10. The third kappa shape index (κ3) is 5.93. The predicted octanol–water partition coefficient (Wildman–Crippen LogP) is 2.47. The quantitative estimate of drug-likeness (QED) is 0.741. The normalized spacial score (nSPS) is 11.3. The maximum atomic E-state index is 12.8. The minimum absolute atomic E-state index is 0.0258. The highest BCUT2D eigenvalue weighted by atomic mass is 32.2. The number of hydrogen-bond acceptors (Lipinski definition) is 3. The molecule has 0 aliphatic carbocycles. The summed E-state index contributed by atoms with van der Waals surface area (Å²) in [5, 5.41) is 2.72. The molecule has 26 heavy (non-hydrogen) atoms. The van der Waals surface area contributed by atoms with Crippen molar-refractivity contribution in [3.8, 4) is 0 Å². The summed E-state index contributed by atoms with van der Waals surface area (Å²) >= 11 is 0. The molecule has 0 heterocycles. The van der Waals surface area contributed by atoms with E-state index >= 15 is 0 Å². The number of rotatable bonds is 8. The minimum atomic E-state index is -3.64. The van der Waals surface area contributed by atoms with E-state index in [-0.39, 0.29) is 29.6 Å².